The van der Waals surface area contributed by atoms with E-state index in [2.05, 4.69) is 157 Å². The minimum atomic E-state index is -0.0666. The van der Waals surface area contributed by atoms with Gasteiger partial charge in [0.25, 0.3) is 0 Å². The third kappa shape index (κ3) is 6.42. The first-order valence-corrected chi connectivity index (χ1v) is 17.2. The van der Waals surface area contributed by atoms with Crippen LogP contribution in [0.4, 0.5) is 0 Å². The van der Waals surface area contributed by atoms with Crippen LogP contribution in [0.15, 0.2) is 109 Å². The summed E-state index contributed by atoms with van der Waals surface area (Å²) in [5.41, 5.74) is 12.2. The van der Waals surface area contributed by atoms with Gasteiger partial charge in [-0.05, 0) is 77.3 Å². The van der Waals surface area contributed by atoms with Crippen LogP contribution in [0, 0.1) is 6.07 Å². The summed E-state index contributed by atoms with van der Waals surface area (Å²) < 4.78 is 2.24. The van der Waals surface area contributed by atoms with Crippen LogP contribution in [0.5, 0.6) is 5.75 Å². The number of pyridine rings is 1. The summed E-state index contributed by atoms with van der Waals surface area (Å²) in [6, 6.07) is 39.8. The van der Waals surface area contributed by atoms with Crippen LogP contribution >= 0.6 is 0 Å². The third-order valence-electron chi connectivity index (χ3n) is 9.51. The summed E-state index contributed by atoms with van der Waals surface area (Å²) >= 11 is 0. The van der Waals surface area contributed by atoms with Crippen molar-refractivity contribution in [1.29, 1.82) is 0 Å². The zero-order valence-electron chi connectivity index (χ0n) is 30.1. The molecule has 0 aliphatic rings. The normalized spacial score (nSPS) is 12.1. The quantitative estimate of drug-likeness (QED) is 0.176. The summed E-state index contributed by atoms with van der Waals surface area (Å²) in [6.45, 7) is 17.7. The molecule has 4 nitrogen and oxygen atoms in total. The number of phenolic OH excluding ortho intramolecular Hbond substituents is 1. The monoisotopic (exact) mass is 837 g/mol. The maximum Gasteiger partial charge on any atom is 0.144 e. The second-order valence-electron chi connectivity index (χ2n) is 15.4. The molecule has 0 saturated carbocycles. The van der Waals surface area contributed by atoms with E-state index in [1.807, 2.05) is 12.3 Å². The molecule has 7 aromatic rings. The predicted molar refractivity (Wildman–Crippen MR) is 205 cm³/mol. The number of benzene rings is 5. The fourth-order valence-electron chi connectivity index (χ4n) is 6.77. The molecule has 0 spiro atoms. The largest absolute Gasteiger partial charge is 0.507 e. The van der Waals surface area contributed by atoms with Gasteiger partial charge in [-0.1, -0.05) is 107 Å². The van der Waals surface area contributed by atoms with E-state index in [0.717, 1.165) is 61.1 Å². The van der Waals surface area contributed by atoms with Gasteiger partial charge in [0.05, 0.1) is 16.6 Å². The van der Waals surface area contributed by atoms with Gasteiger partial charge in [0.15, 0.2) is 0 Å². The molecule has 0 aliphatic heterocycles. The van der Waals surface area contributed by atoms with Crippen LogP contribution in [0.3, 0.4) is 0 Å². The van der Waals surface area contributed by atoms with Gasteiger partial charge in [-0.2, -0.15) is 0 Å². The Morgan fingerprint density at radius 2 is 1.30 bits per heavy atom. The summed E-state index contributed by atoms with van der Waals surface area (Å²) in [5.74, 6) is 0.993. The molecular formula is C45H44N3OPt-. The Labute approximate surface area is 310 Å². The molecule has 0 unspecified atom stereocenters. The van der Waals surface area contributed by atoms with Crippen molar-refractivity contribution in [1.82, 2.24) is 14.5 Å². The summed E-state index contributed by atoms with van der Waals surface area (Å²) in [7, 11) is 0. The molecule has 0 aliphatic carbocycles. The number of imidazole rings is 1. The van der Waals surface area contributed by atoms with Gasteiger partial charge in [0, 0.05) is 44.2 Å². The number of aromatic nitrogens is 3. The van der Waals surface area contributed by atoms with E-state index >= 15 is 0 Å². The van der Waals surface area contributed by atoms with Crippen molar-refractivity contribution in [2.75, 3.05) is 0 Å². The molecule has 0 saturated heterocycles. The first kappa shape index (κ1) is 35.3. The molecule has 5 aromatic carbocycles. The standard InChI is InChI=1S/C45H44N3O.Pt/c1-28(2)48-39-19-13-18-35(42(39)47-43(48)38-25-32(44(3,4)5)20-21-40(38)49)30-16-12-17-31(24-30)36-26-33(45(6,7)8)27-37-34(22-23-46-41(36)37)29-14-10-9-11-15-29;/h9-23,25-28,49H,1-8H3;/q-1;. The third-order valence-corrected chi connectivity index (χ3v) is 9.51. The van der Waals surface area contributed by atoms with Crippen LogP contribution in [-0.4, -0.2) is 19.6 Å². The number of hydrogen-bond acceptors (Lipinski definition) is 3. The smallest absolute Gasteiger partial charge is 0.144 e. The maximum absolute atomic E-state index is 11.1. The molecule has 2 aromatic heterocycles. The van der Waals surface area contributed by atoms with E-state index in [1.54, 1.807) is 6.07 Å². The van der Waals surface area contributed by atoms with Gasteiger partial charge in [-0.15, -0.1) is 35.4 Å². The van der Waals surface area contributed by atoms with E-state index in [0.29, 0.717) is 0 Å². The minimum absolute atomic E-state index is 0. The van der Waals surface area contributed by atoms with E-state index < -0.39 is 0 Å². The maximum atomic E-state index is 11.1. The van der Waals surface area contributed by atoms with Crippen LogP contribution in [0.25, 0.3) is 66.7 Å². The van der Waals surface area contributed by atoms with Gasteiger partial charge < -0.3 is 9.67 Å². The summed E-state index contributed by atoms with van der Waals surface area (Å²) in [5, 5.41) is 12.3. The molecule has 0 bridgehead atoms. The van der Waals surface area contributed by atoms with E-state index in [9.17, 15) is 5.11 Å². The minimum Gasteiger partial charge on any atom is -0.507 e. The Morgan fingerprint density at radius 3 is 1.98 bits per heavy atom. The van der Waals surface area contributed by atoms with Crippen molar-refractivity contribution in [2.45, 2.75) is 72.3 Å². The van der Waals surface area contributed by atoms with Crippen molar-refractivity contribution >= 4 is 21.9 Å². The number of hydrogen-bond donors (Lipinski definition) is 1. The average Bonchev–Trinajstić information content (AvgIpc) is 3.47. The zero-order valence-corrected chi connectivity index (χ0v) is 32.3. The van der Waals surface area contributed by atoms with Crippen molar-refractivity contribution < 1.29 is 26.2 Å². The van der Waals surface area contributed by atoms with E-state index in [1.165, 1.54) is 16.7 Å². The summed E-state index contributed by atoms with van der Waals surface area (Å²) in [4.78, 5) is 10.2. The first-order chi connectivity index (χ1) is 23.3. The molecule has 256 valence electrons. The van der Waals surface area contributed by atoms with Crippen LogP contribution in [0.1, 0.15) is 72.6 Å². The number of phenols is 1. The number of fused-ring (bicyclic) bond motifs is 2. The fraction of sp³-hybridized carbons (Fsp3) is 0.244. The van der Waals surface area contributed by atoms with E-state index in [-0.39, 0.29) is 43.7 Å². The molecule has 1 N–H and O–H groups in total. The molecular weight excluding hydrogens is 794 g/mol. The molecule has 0 atom stereocenters. The molecule has 2 heterocycles. The van der Waals surface area contributed by atoms with E-state index in [4.69, 9.17) is 9.97 Å². The first-order valence-electron chi connectivity index (χ1n) is 17.2. The van der Waals surface area contributed by atoms with Gasteiger partial charge in [0.1, 0.15) is 11.6 Å². The van der Waals surface area contributed by atoms with Crippen molar-refractivity contribution in [3.05, 3.63) is 127 Å². The molecule has 0 amide bonds. The molecule has 50 heavy (non-hydrogen) atoms. The van der Waals surface area contributed by atoms with Crippen LogP contribution in [-0.2, 0) is 31.9 Å². The Kier molecular flexibility index (Phi) is 9.39. The van der Waals surface area contributed by atoms with Crippen LogP contribution in [0.2, 0.25) is 0 Å². The Morgan fingerprint density at radius 1 is 0.640 bits per heavy atom. The van der Waals surface area contributed by atoms with Gasteiger partial charge in [0.2, 0.25) is 0 Å². The Bertz CT molecular complexity index is 2340. The SMILES string of the molecule is CC(C)n1c(-c2cc(C(C)(C)C)ccc2O)nc2c(-c3[c-]c(-c4cc(C(C)(C)C)cc5c(-c6ccccc6)ccnc45)ccc3)cccc21.[Pt]. The van der Waals surface area contributed by atoms with Crippen molar-refractivity contribution in [3.8, 4) is 50.5 Å². The molecule has 7 rings (SSSR count). The topological polar surface area (TPSA) is 50.9 Å². The van der Waals surface area contributed by atoms with Crippen molar-refractivity contribution in [2.24, 2.45) is 0 Å². The second-order valence-corrected chi connectivity index (χ2v) is 15.4. The number of nitrogens with zero attached hydrogens (tertiary/aromatic N) is 3. The molecule has 5 heteroatoms. The fourth-order valence-corrected chi connectivity index (χ4v) is 6.77. The Balaban J connectivity index is 0.00000432. The molecule has 0 radical (unpaired) electrons. The zero-order chi connectivity index (χ0) is 34.7. The van der Waals surface area contributed by atoms with Gasteiger partial charge >= 0.3 is 0 Å². The van der Waals surface area contributed by atoms with Crippen molar-refractivity contribution in [3.63, 3.8) is 0 Å². The molecule has 0 fully saturated rings. The number of rotatable bonds is 5. The van der Waals surface area contributed by atoms with Gasteiger partial charge in [-0.25, -0.2) is 4.98 Å². The number of aromatic hydroxyl groups is 1. The predicted octanol–water partition coefficient (Wildman–Crippen LogP) is 11.9. The van der Waals surface area contributed by atoms with Crippen LogP contribution < -0.4 is 0 Å². The van der Waals surface area contributed by atoms with Gasteiger partial charge in [-0.3, -0.25) is 4.98 Å². The Hall–Kier alpha value is -4.53. The second kappa shape index (κ2) is 13.3. The number of para-hydroxylation sites is 1. The average molecular weight is 838 g/mol. The summed E-state index contributed by atoms with van der Waals surface area (Å²) in [6.07, 6.45) is 1.92.